The smallest absolute Gasteiger partial charge is 0.243 e. The third-order valence-corrected chi connectivity index (χ3v) is 6.04. The molecule has 2 rings (SSSR count). The van der Waals surface area contributed by atoms with E-state index in [1.54, 1.807) is 28.7 Å². The van der Waals surface area contributed by atoms with Crippen LogP contribution in [0.25, 0.3) is 0 Å². The molecule has 0 spiro atoms. The fraction of sp³-hybridized carbons (Fsp3) is 0.500. The van der Waals surface area contributed by atoms with E-state index in [4.69, 9.17) is 4.74 Å². The first kappa shape index (κ1) is 17.6. The van der Waals surface area contributed by atoms with Gasteiger partial charge in [-0.15, -0.1) is 0 Å². The molecule has 122 valence electrons. The summed E-state index contributed by atoms with van der Waals surface area (Å²) in [6.45, 7) is 4.56. The lowest BCUT2D eigenvalue weighted by atomic mass is 10.2. The quantitative estimate of drug-likeness (QED) is 0.516. The van der Waals surface area contributed by atoms with E-state index in [1.165, 1.54) is 16.4 Å². The molecule has 22 heavy (non-hydrogen) atoms. The Morgan fingerprint density at radius 1 is 1.27 bits per heavy atom. The van der Waals surface area contributed by atoms with Gasteiger partial charge in [0.15, 0.2) is 0 Å². The third-order valence-electron chi connectivity index (χ3n) is 3.56. The summed E-state index contributed by atoms with van der Waals surface area (Å²) in [5.41, 5.74) is 0.289. The molecule has 1 aromatic carbocycles. The maximum Gasteiger partial charge on any atom is 0.243 e. The van der Waals surface area contributed by atoms with Crippen molar-refractivity contribution in [2.75, 3.05) is 39.8 Å². The summed E-state index contributed by atoms with van der Waals surface area (Å²) >= 11 is 1.64. The number of rotatable bonds is 5. The molecule has 0 saturated carbocycles. The van der Waals surface area contributed by atoms with Gasteiger partial charge in [0.2, 0.25) is 13.8 Å². The molecule has 1 aliphatic rings. The van der Waals surface area contributed by atoms with Crippen LogP contribution in [-0.2, 0) is 10.0 Å². The number of piperazine rings is 1. The van der Waals surface area contributed by atoms with Crippen molar-refractivity contribution in [3.8, 4) is 5.75 Å². The second-order valence-electron chi connectivity index (χ2n) is 5.07. The number of nitrogens with zero attached hydrogens (tertiary/aromatic N) is 2. The Morgan fingerprint density at radius 2 is 1.91 bits per heavy atom. The van der Waals surface area contributed by atoms with Crippen LogP contribution in [0.15, 0.2) is 23.1 Å². The lowest BCUT2D eigenvalue weighted by molar-refractivity contribution is 0.110. The van der Waals surface area contributed by atoms with Crippen molar-refractivity contribution < 1.29 is 17.9 Å². The largest absolute Gasteiger partial charge is 0.493 e. The van der Waals surface area contributed by atoms with Gasteiger partial charge in [0.25, 0.3) is 0 Å². The minimum Gasteiger partial charge on any atom is -0.493 e. The number of benzene rings is 1. The molecule has 1 aromatic rings. The van der Waals surface area contributed by atoms with Crippen LogP contribution in [0, 0.1) is 0 Å². The minimum absolute atomic E-state index is 0.139. The molecule has 0 aromatic heterocycles. The Morgan fingerprint density at radius 3 is 2.45 bits per heavy atom. The predicted molar refractivity (Wildman–Crippen MR) is 92.2 cm³/mol. The topological polar surface area (TPSA) is 66.9 Å². The average Bonchev–Trinajstić information content (AvgIpc) is 2.48. The van der Waals surface area contributed by atoms with Crippen molar-refractivity contribution in [1.29, 1.82) is 0 Å². The summed E-state index contributed by atoms with van der Waals surface area (Å²) in [4.78, 5) is 14.0. The van der Waals surface area contributed by atoms with Gasteiger partial charge in [0.1, 0.15) is 5.75 Å². The molecule has 0 radical (unpaired) electrons. The number of hydrogen-bond donors (Lipinski definition) is 0. The highest BCUT2D eigenvalue weighted by molar-refractivity contribution is 14.1. The average molecular weight is 438 g/mol. The van der Waals surface area contributed by atoms with E-state index in [1.807, 2.05) is 14.0 Å². The van der Waals surface area contributed by atoms with Gasteiger partial charge in [-0.25, -0.2) is 8.42 Å². The molecule has 0 amide bonds. The molecule has 0 unspecified atom stereocenters. The van der Waals surface area contributed by atoms with Gasteiger partial charge >= 0.3 is 0 Å². The summed E-state index contributed by atoms with van der Waals surface area (Å²) in [5.74, 6) is 0.416. The second kappa shape index (κ2) is 7.24. The molecule has 1 aliphatic heterocycles. The monoisotopic (exact) mass is 438 g/mol. The van der Waals surface area contributed by atoms with Crippen molar-refractivity contribution in [1.82, 2.24) is 9.21 Å². The molecule has 6 nitrogen and oxygen atoms in total. The van der Waals surface area contributed by atoms with Gasteiger partial charge in [-0.1, -0.05) is 0 Å². The molecule has 1 fully saturated rings. The van der Waals surface area contributed by atoms with Crippen LogP contribution in [-0.4, -0.2) is 61.2 Å². The van der Waals surface area contributed by atoms with Crippen LogP contribution >= 0.6 is 22.6 Å². The molecular weight excluding hydrogens is 419 g/mol. The van der Waals surface area contributed by atoms with E-state index in [9.17, 15) is 13.2 Å². The zero-order valence-electron chi connectivity index (χ0n) is 12.6. The highest BCUT2D eigenvalue weighted by atomic mass is 127. The Hall–Kier alpha value is -0.710. The van der Waals surface area contributed by atoms with Crippen LogP contribution in [0.5, 0.6) is 5.75 Å². The first-order valence-electron chi connectivity index (χ1n) is 7.01. The van der Waals surface area contributed by atoms with Crippen molar-refractivity contribution in [2.45, 2.75) is 11.8 Å². The van der Waals surface area contributed by atoms with E-state index in [-0.39, 0.29) is 14.2 Å². The van der Waals surface area contributed by atoms with E-state index >= 15 is 0 Å². The van der Waals surface area contributed by atoms with E-state index in [0.717, 1.165) is 0 Å². The molecule has 0 N–H and O–H groups in total. The van der Waals surface area contributed by atoms with E-state index < -0.39 is 10.0 Å². The Bertz CT molecular complexity index is 655. The molecular formula is C14H19IN2O4S. The lowest BCUT2D eigenvalue weighted by Crippen LogP contribution is -2.47. The maximum absolute atomic E-state index is 12.7. The third kappa shape index (κ3) is 3.79. The number of ether oxygens (including phenoxy) is 1. The van der Waals surface area contributed by atoms with Crippen LogP contribution < -0.4 is 4.74 Å². The number of halogens is 1. The first-order valence-corrected chi connectivity index (χ1v) is 9.53. The van der Waals surface area contributed by atoms with E-state index in [0.29, 0.717) is 38.5 Å². The van der Waals surface area contributed by atoms with Crippen molar-refractivity contribution in [2.24, 2.45) is 0 Å². The van der Waals surface area contributed by atoms with Crippen molar-refractivity contribution in [3.63, 3.8) is 0 Å². The lowest BCUT2D eigenvalue weighted by Gasteiger charge is -2.31. The van der Waals surface area contributed by atoms with Crippen LogP contribution in [0.1, 0.15) is 17.3 Å². The number of carbonyl (C=O) groups is 1. The van der Waals surface area contributed by atoms with Gasteiger partial charge in [0, 0.05) is 48.8 Å². The van der Waals surface area contributed by atoms with Gasteiger partial charge in [-0.3, -0.25) is 4.79 Å². The predicted octanol–water partition coefficient (Wildman–Crippen LogP) is 1.60. The SMILES string of the molecule is CCOc1ccc(S(=O)(=O)N2CCN(C)CC2)cc1C(=O)I. The van der Waals surface area contributed by atoms with Gasteiger partial charge in [-0.05, 0) is 32.2 Å². The standard InChI is InChI=1S/C14H19IN2O4S/c1-3-21-13-5-4-11(10-12(13)14(15)18)22(19,20)17-8-6-16(2)7-9-17/h4-5,10H,3,6-9H2,1-2H3. The number of sulfonamides is 1. The van der Waals surface area contributed by atoms with Gasteiger partial charge in [0.05, 0.1) is 17.1 Å². The molecule has 0 bridgehead atoms. The highest BCUT2D eigenvalue weighted by Gasteiger charge is 2.28. The zero-order chi connectivity index (χ0) is 16.3. The normalized spacial score (nSPS) is 17.4. The Labute approximate surface area is 144 Å². The number of hydrogen-bond acceptors (Lipinski definition) is 5. The highest BCUT2D eigenvalue weighted by Crippen LogP contribution is 2.27. The Balaban J connectivity index is 2.35. The van der Waals surface area contributed by atoms with Crippen LogP contribution in [0.2, 0.25) is 0 Å². The minimum atomic E-state index is -3.58. The van der Waals surface area contributed by atoms with E-state index in [2.05, 4.69) is 4.90 Å². The summed E-state index contributed by atoms with van der Waals surface area (Å²) in [6, 6.07) is 4.47. The summed E-state index contributed by atoms with van der Waals surface area (Å²) < 4.78 is 32.0. The maximum atomic E-state index is 12.7. The van der Waals surface area contributed by atoms with Gasteiger partial charge in [-0.2, -0.15) is 4.31 Å². The van der Waals surface area contributed by atoms with Crippen LogP contribution in [0.3, 0.4) is 0 Å². The molecule has 0 atom stereocenters. The zero-order valence-corrected chi connectivity index (χ0v) is 15.6. The summed E-state index contributed by atoms with van der Waals surface area (Å²) in [6.07, 6.45) is 0. The van der Waals surface area contributed by atoms with Gasteiger partial charge < -0.3 is 9.64 Å². The summed E-state index contributed by atoms with van der Waals surface area (Å²) in [5, 5.41) is 0. The fourth-order valence-electron chi connectivity index (χ4n) is 2.28. The molecule has 0 aliphatic carbocycles. The Kier molecular flexibility index (Phi) is 5.81. The van der Waals surface area contributed by atoms with Crippen molar-refractivity contribution >= 4 is 36.4 Å². The fourth-order valence-corrected chi connectivity index (χ4v) is 4.15. The molecule has 1 heterocycles. The number of carbonyl (C=O) groups excluding carboxylic acids is 1. The summed E-state index contributed by atoms with van der Waals surface area (Å²) in [7, 11) is -1.61. The molecule has 8 heteroatoms. The van der Waals surface area contributed by atoms with Crippen molar-refractivity contribution in [3.05, 3.63) is 23.8 Å². The van der Waals surface area contributed by atoms with Crippen LogP contribution in [0.4, 0.5) is 0 Å². The number of likely N-dealkylation sites (N-methyl/N-ethyl adjacent to an activating group) is 1. The molecule has 1 saturated heterocycles. The first-order chi connectivity index (χ1) is 10.4. The second-order valence-corrected chi connectivity index (χ2v) is 7.99.